The fourth-order valence-corrected chi connectivity index (χ4v) is 1.77. The van der Waals surface area contributed by atoms with E-state index in [0.717, 1.165) is 19.3 Å². The van der Waals surface area contributed by atoms with Crippen LogP contribution in [0.15, 0.2) is 0 Å². The lowest BCUT2D eigenvalue weighted by molar-refractivity contribution is -0.174. The van der Waals surface area contributed by atoms with E-state index in [4.69, 9.17) is 11.6 Å². The second-order valence-corrected chi connectivity index (χ2v) is 4.17. The van der Waals surface area contributed by atoms with Crippen molar-refractivity contribution in [2.24, 2.45) is 5.41 Å². The summed E-state index contributed by atoms with van der Waals surface area (Å²) < 4.78 is 39.4. The van der Waals surface area contributed by atoms with Gasteiger partial charge in [0.05, 0.1) is 0 Å². The van der Waals surface area contributed by atoms with Gasteiger partial charge in [-0.3, -0.25) is 0 Å². The quantitative estimate of drug-likeness (QED) is 0.502. The average molecular weight is 231 g/mol. The van der Waals surface area contributed by atoms with Gasteiger partial charge >= 0.3 is 6.18 Å². The molecular weight excluding hydrogens is 217 g/mol. The molecule has 84 valence electrons. The highest BCUT2D eigenvalue weighted by Gasteiger charge is 2.40. The summed E-state index contributed by atoms with van der Waals surface area (Å²) in [6.07, 6.45) is -0.438. The van der Waals surface area contributed by atoms with Crippen molar-refractivity contribution in [1.29, 1.82) is 0 Å². The molecule has 0 aromatic heterocycles. The average Bonchev–Trinajstić information content (AvgIpc) is 2.83. The van der Waals surface area contributed by atoms with E-state index >= 15 is 0 Å². The first kappa shape index (κ1) is 12.1. The Hall–Kier alpha value is 0.0400. The third-order valence-corrected chi connectivity index (χ3v) is 3.07. The zero-order chi connectivity index (χ0) is 10.7. The normalized spacial score (nSPS) is 19.7. The summed E-state index contributed by atoms with van der Waals surface area (Å²) in [5.41, 5.74) is 0.225. The molecule has 14 heavy (non-hydrogen) atoms. The maximum Gasteiger partial charge on any atom is 0.411 e. The number of alkyl halides is 4. The zero-order valence-electron chi connectivity index (χ0n) is 7.87. The molecule has 0 unspecified atom stereocenters. The monoisotopic (exact) mass is 230 g/mol. The van der Waals surface area contributed by atoms with Gasteiger partial charge in [0.2, 0.25) is 0 Å². The van der Waals surface area contributed by atoms with Crippen molar-refractivity contribution >= 4 is 11.6 Å². The van der Waals surface area contributed by atoms with Crippen LogP contribution in [0.3, 0.4) is 0 Å². The first-order valence-corrected chi connectivity index (χ1v) is 5.21. The maximum absolute atomic E-state index is 11.6. The van der Waals surface area contributed by atoms with Crippen molar-refractivity contribution in [3.05, 3.63) is 0 Å². The van der Waals surface area contributed by atoms with E-state index in [0.29, 0.717) is 12.3 Å². The summed E-state index contributed by atoms with van der Waals surface area (Å²) in [5.74, 6) is 0.617. The molecule has 5 heteroatoms. The van der Waals surface area contributed by atoms with E-state index < -0.39 is 12.8 Å². The Bertz CT molecular complexity index is 177. The maximum atomic E-state index is 11.6. The Labute approximate surface area is 86.6 Å². The predicted molar refractivity (Wildman–Crippen MR) is 48.5 cm³/mol. The van der Waals surface area contributed by atoms with Gasteiger partial charge in [0.1, 0.15) is 6.61 Å². The summed E-state index contributed by atoms with van der Waals surface area (Å²) in [6.45, 7) is -0.959. The predicted octanol–water partition coefficient (Wildman–Crippen LogP) is 3.36. The summed E-state index contributed by atoms with van der Waals surface area (Å²) in [7, 11) is 0. The minimum atomic E-state index is -4.20. The van der Waals surface area contributed by atoms with Crippen LogP contribution >= 0.6 is 11.6 Å². The van der Waals surface area contributed by atoms with Gasteiger partial charge in [-0.2, -0.15) is 13.2 Å². The number of hydrogen-bond acceptors (Lipinski definition) is 1. The van der Waals surface area contributed by atoms with Crippen LogP contribution in [-0.2, 0) is 4.74 Å². The number of ether oxygens (including phenoxy) is 1. The summed E-state index contributed by atoms with van der Waals surface area (Å²) in [4.78, 5) is 0. The van der Waals surface area contributed by atoms with Gasteiger partial charge in [-0.15, -0.1) is 11.6 Å². The molecule has 0 heterocycles. The number of rotatable bonds is 6. The topological polar surface area (TPSA) is 9.23 Å². The third kappa shape index (κ3) is 4.51. The Morgan fingerprint density at radius 2 is 1.93 bits per heavy atom. The van der Waals surface area contributed by atoms with Gasteiger partial charge < -0.3 is 4.74 Å². The highest BCUT2D eigenvalue weighted by molar-refractivity contribution is 6.18. The van der Waals surface area contributed by atoms with Crippen LogP contribution in [0, 0.1) is 5.41 Å². The van der Waals surface area contributed by atoms with Crippen molar-refractivity contribution in [3.8, 4) is 0 Å². The molecular formula is C9H14ClF3O. The van der Waals surface area contributed by atoms with Crippen LogP contribution in [0.25, 0.3) is 0 Å². The Morgan fingerprint density at radius 3 is 2.36 bits per heavy atom. The molecule has 0 amide bonds. The molecule has 0 aliphatic heterocycles. The molecule has 1 saturated carbocycles. The molecule has 1 nitrogen and oxygen atoms in total. The van der Waals surface area contributed by atoms with E-state index in [2.05, 4.69) is 4.74 Å². The van der Waals surface area contributed by atoms with E-state index in [1.54, 1.807) is 0 Å². The highest BCUT2D eigenvalue weighted by Crippen LogP contribution is 2.50. The molecule has 0 aromatic carbocycles. The molecule has 0 aromatic rings. The van der Waals surface area contributed by atoms with Crippen LogP contribution in [0.5, 0.6) is 0 Å². The van der Waals surface area contributed by atoms with Crippen LogP contribution in [-0.4, -0.2) is 25.3 Å². The smallest absolute Gasteiger partial charge is 0.372 e. The van der Waals surface area contributed by atoms with Crippen molar-refractivity contribution in [2.75, 3.05) is 19.1 Å². The fraction of sp³-hybridized carbons (Fsp3) is 1.00. The molecule has 1 rings (SSSR count). The minimum Gasteiger partial charge on any atom is -0.372 e. The van der Waals surface area contributed by atoms with Crippen LogP contribution in [0.4, 0.5) is 13.2 Å². The molecule has 1 aliphatic carbocycles. The molecule has 0 atom stereocenters. The van der Waals surface area contributed by atoms with Gasteiger partial charge in [-0.1, -0.05) is 0 Å². The lowest BCUT2D eigenvalue weighted by Crippen LogP contribution is -2.17. The lowest BCUT2D eigenvalue weighted by Gasteiger charge is -2.11. The van der Waals surface area contributed by atoms with Gasteiger partial charge in [0, 0.05) is 12.5 Å². The second kappa shape index (κ2) is 4.71. The number of halogens is 4. The minimum absolute atomic E-state index is 0.179. The summed E-state index contributed by atoms with van der Waals surface area (Å²) >= 11 is 5.72. The molecule has 0 saturated heterocycles. The molecule has 0 N–H and O–H groups in total. The summed E-state index contributed by atoms with van der Waals surface area (Å²) in [6, 6.07) is 0. The SMILES string of the molecule is FC(F)(F)COCCCC1(CCl)CC1. The standard InChI is InChI=1S/C9H14ClF3O/c10-6-8(3-4-8)2-1-5-14-7-9(11,12)13/h1-7H2. The second-order valence-electron chi connectivity index (χ2n) is 3.90. The van der Waals surface area contributed by atoms with E-state index in [1.807, 2.05) is 0 Å². The van der Waals surface area contributed by atoms with Crippen molar-refractivity contribution in [1.82, 2.24) is 0 Å². The van der Waals surface area contributed by atoms with Crippen LogP contribution in [0.2, 0.25) is 0 Å². The molecule has 1 fully saturated rings. The summed E-state index contributed by atoms with van der Waals surface area (Å²) in [5, 5.41) is 0. The van der Waals surface area contributed by atoms with E-state index in [1.165, 1.54) is 0 Å². The molecule has 0 spiro atoms. The Balaban J connectivity index is 1.95. The number of hydrogen-bond donors (Lipinski definition) is 0. The van der Waals surface area contributed by atoms with Gasteiger partial charge in [0.25, 0.3) is 0 Å². The van der Waals surface area contributed by atoms with Gasteiger partial charge in [-0.25, -0.2) is 0 Å². The van der Waals surface area contributed by atoms with Crippen molar-refractivity contribution < 1.29 is 17.9 Å². The third-order valence-electron chi connectivity index (χ3n) is 2.50. The molecule has 1 aliphatic rings. The molecule has 0 radical (unpaired) electrons. The molecule has 0 bridgehead atoms. The van der Waals surface area contributed by atoms with Gasteiger partial charge in [0.15, 0.2) is 0 Å². The van der Waals surface area contributed by atoms with Crippen molar-refractivity contribution in [2.45, 2.75) is 31.9 Å². The Morgan fingerprint density at radius 1 is 1.29 bits per heavy atom. The van der Waals surface area contributed by atoms with E-state index in [9.17, 15) is 13.2 Å². The lowest BCUT2D eigenvalue weighted by atomic mass is 10.0. The first-order valence-electron chi connectivity index (χ1n) is 4.68. The first-order chi connectivity index (χ1) is 6.47. The van der Waals surface area contributed by atoms with Crippen LogP contribution < -0.4 is 0 Å². The van der Waals surface area contributed by atoms with E-state index in [-0.39, 0.29) is 12.0 Å². The van der Waals surface area contributed by atoms with Gasteiger partial charge in [-0.05, 0) is 31.1 Å². The largest absolute Gasteiger partial charge is 0.411 e. The van der Waals surface area contributed by atoms with Crippen molar-refractivity contribution in [3.63, 3.8) is 0 Å². The Kier molecular flexibility index (Phi) is 4.07. The fourth-order valence-electron chi connectivity index (χ4n) is 1.36. The van der Waals surface area contributed by atoms with Crippen LogP contribution in [0.1, 0.15) is 25.7 Å². The zero-order valence-corrected chi connectivity index (χ0v) is 8.63. The highest BCUT2D eigenvalue weighted by atomic mass is 35.5.